The molecular weight excluding hydrogens is 711 g/mol. The van der Waals surface area contributed by atoms with E-state index < -0.39 is 0 Å². The third-order valence-electron chi connectivity index (χ3n) is 12.4. The number of nitrogens with zero attached hydrogens (tertiary/aromatic N) is 3. The highest BCUT2D eigenvalue weighted by molar-refractivity contribution is 6.28. The summed E-state index contributed by atoms with van der Waals surface area (Å²) < 4.78 is 12.9. The van der Waals surface area contributed by atoms with Crippen LogP contribution in [0.25, 0.3) is 99.5 Å². The van der Waals surface area contributed by atoms with Crippen LogP contribution >= 0.6 is 0 Å². The lowest BCUT2D eigenvalue weighted by atomic mass is 9.77. The third-order valence-corrected chi connectivity index (χ3v) is 12.4. The summed E-state index contributed by atoms with van der Waals surface area (Å²) in [5, 5.41) is 8.03. The van der Waals surface area contributed by atoms with E-state index in [9.17, 15) is 0 Å². The molecule has 0 bridgehead atoms. The number of furan rings is 2. The maximum Gasteiger partial charge on any atom is 0.160 e. The smallest absolute Gasteiger partial charge is 0.160 e. The number of hydrogen-bond acceptors (Lipinski definition) is 5. The number of hydrogen-bond donors (Lipinski definition) is 0. The molecule has 0 aliphatic heterocycles. The highest BCUT2D eigenvalue weighted by Crippen LogP contribution is 2.45. The van der Waals surface area contributed by atoms with Crippen molar-refractivity contribution < 1.29 is 8.83 Å². The van der Waals surface area contributed by atoms with Gasteiger partial charge >= 0.3 is 0 Å². The predicted molar refractivity (Wildman–Crippen MR) is 236 cm³/mol. The molecule has 0 saturated heterocycles. The zero-order valence-electron chi connectivity index (χ0n) is 31.7. The largest absolute Gasteiger partial charge is 0.456 e. The molecule has 1 aliphatic carbocycles. The highest BCUT2D eigenvalue weighted by atomic mass is 16.3. The first kappa shape index (κ1) is 33.1. The average molecular weight is 748 g/mol. The summed E-state index contributed by atoms with van der Waals surface area (Å²) in [6, 6.07) is 57.4. The molecule has 5 nitrogen and oxygen atoms in total. The standard InChI is InChI=1S/C53H37N3O2/c1-3-12-34(13-4-1)52-40-27-29-48-51(50(40)37-16-7-9-19-42(37)54-52)41-30-36(26-28-46(41)58-48)32-22-24-33(25-23-32)43-31-44(56-53(55-43)35-14-5-2-6-15-35)38-18-11-21-47-49(38)39-17-8-10-20-45(39)57-47/h1-21,26-33H,22-25H2. The van der Waals surface area contributed by atoms with Crippen molar-refractivity contribution in [1.82, 2.24) is 15.0 Å². The Kier molecular flexibility index (Phi) is 7.55. The summed E-state index contributed by atoms with van der Waals surface area (Å²) >= 11 is 0. The van der Waals surface area contributed by atoms with E-state index in [1.807, 2.05) is 24.3 Å². The highest BCUT2D eigenvalue weighted by Gasteiger charge is 2.27. The van der Waals surface area contributed by atoms with Crippen molar-refractivity contribution in [1.29, 1.82) is 0 Å². The molecule has 0 radical (unpaired) electrons. The summed E-state index contributed by atoms with van der Waals surface area (Å²) in [6.45, 7) is 0. The number of pyridine rings is 1. The van der Waals surface area contributed by atoms with E-state index in [4.69, 9.17) is 23.8 Å². The second-order valence-electron chi connectivity index (χ2n) is 15.8. The van der Waals surface area contributed by atoms with Crippen LogP contribution in [0.5, 0.6) is 0 Å². The lowest BCUT2D eigenvalue weighted by Crippen LogP contribution is -2.14. The van der Waals surface area contributed by atoms with Gasteiger partial charge in [-0.3, -0.25) is 0 Å². The van der Waals surface area contributed by atoms with E-state index in [1.165, 1.54) is 21.7 Å². The minimum atomic E-state index is 0.332. The Bertz CT molecular complexity index is 3360. The van der Waals surface area contributed by atoms with Crippen molar-refractivity contribution in [3.05, 3.63) is 175 Å². The molecule has 0 atom stereocenters. The maximum absolute atomic E-state index is 6.57. The van der Waals surface area contributed by atoms with Crippen molar-refractivity contribution in [2.75, 3.05) is 0 Å². The van der Waals surface area contributed by atoms with E-state index in [-0.39, 0.29) is 0 Å². The van der Waals surface area contributed by atoms with Gasteiger partial charge in [0.15, 0.2) is 5.82 Å². The minimum absolute atomic E-state index is 0.332. The zero-order chi connectivity index (χ0) is 38.2. The van der Waals surface area contributed by atoms with Crippen LogP contribution in [-0.2, 0) is 0 Å². The lowest BCUT2D eigenvalue weighted by molar-refractivity contribution is 0.391. The average Bonchev–Trinajstić information content (AvgIpc) is 3.87. The number of para-hydroxylation sites is 2. The van der Waals surface area contributed by atoms with Crippen molar-refractivity contribution >= 4 is 65.6 Å². The van der Waals surface area contributed by atoms with Gasteiger partial charge in [-0.2, -0.15) is 0 Å². The van der Waals surface area contributed by atoms with Gasteiger partial charge in [0.1, 0.15) is 22.3 Å². The van der Waals surface area contributed by atoms with E-state index in [0.29, 0.717) is 11.8 Å². The molecule has 0 spiro atoms. The molecule has 12 rings (SSSR count). The molecule has 0 N–H and O–H groups in total. The van der Waals surface area contributed by atoms with Gasteiger partial charge in [-0.1, -0.05) is 115 Å². The maximum atomic E-state index is 6.57. The second-order valence-corrected chi connectivity index (χ2v) is 15.8. The fourth-order valence-corrected chi connectivity index (χ4v) is 9.64. The topological polar surface area (TPSA) is 65.0 Å². The summed E-state index contributed by atoms with van der Waals surface area (Å²) in [5.74, 6) is 1.54. The van der Waals surface area contributed by atoms with Gasteiger partial charge in [-0.25, -0.2) is 15.0 Å². The second kappa shape index (κ2) is 13.2. The predicted octanol–water partition coefficient (Wildman–Crippen LogP) is 14.4. The number of aromatic nitrogens is 3. The van der Waals surface area contributed by atoms with Gasteiger partial charge in [-0.15, -0.1) is 0 Å². The zero-order valence-corrected chi connectivity index (χ0v) is 31.7. The van der Waals surface area contributed by atoms with Crippen LogP contribution in [0.4, 0.5) is 0 Å². The SMILES string of the molecule is c1ccc(-c2nc(-c3cccc4oc5ccccc5c34)cc(C3CCC(c4ccc5oc6ccc7c(-c8ccccc8)nc8ccccc8c7c6c5c4)CC3)n2)cc1. The first-order valence-corrected chi connectivity index (χ1v) is 20.3. The summed E-state index contributed by atoms with van der Waals surface area (Å²) in [7, 11) is 0. The molecular formula is C53H37N3O2. The van der Waals surface area contributed by atoms with Gasteiger partial charge in [0, 0.05) is 66.0 Å². The molecule has 4 aromatic heterocycles. The molecule has 11 aromatic rings. The summed E-state index contributed by atoms with van der Waals surface area (Å²) in [5.41, 5.74) is 12.2. The Morgan fingerprint density at radius 2 is 1.07 bits per heavy atom. The molecule has 0 amide bonds. The van der Waals surface area contributed by atoms with Crippen LogP contribution in [-0.4, -0.2) is 15.0 Å². The van der Waals surface area contributed by atoms with E-state index in [1.54, 1.807) is 0 Å². The monoisotopic (exact) mass is 747 g/mol. The van der Waals surface area contributed by atoms with Crippen molar-refractivity contribution in [2.24, 2.45) is 0 Å². The van der Waals surface area contributed by atoms with Crippen molar-refractivity contribution in [3.8, 4) is 33.9 Å². The van der Waals surface area contributed by atoms with E-state index >= 15 is 0 Å². The molecule has 58 heavy (non-hydrogen) atoms. The number of fused-ring (bicyclic) bond motifs is 10. The Labute approximate surface area is 334 Å². The van der Waals surface area contributed by atoms with E-state index in [0.717, 1.165) is 115 Å². The van der Waals surface area contributed by atoms with Gasteiger partial charge in [0.2, 0.25) is 0 Å². The van der Waals surface area contributed by atoms with Crippen LogP contribution < -0.4 is 0 Å². The quantitative estimate of drug-likeness (QED) is 0.164. The van der Waals surface area contributed by atoms with Gasteiger partial charge < -0.3 is 8.83 Å². The first-order valence-electron chi connectivity index (χ1n) is 20.3. The van der Waals surface area contributed by atoms with E-state index in [2.05, 4.69) is 140 Å². The summed E-state index contributed by atoms with van der Waals surface area (Å²) in [4.78, 5) is 15.7. The Morgan fingerprint density at radius 1 is 0.414 bits per heavy atom. The summed E-state index contributed by atoms with van der Waals surface area (Å²) in [6.07, 6.45) is 4.27. The number of rotatable bonds is 5. The Morgan fingerprint density at radius 3 is 1.90 bits per heavy atom. The van der Waals surface area contributed by atoms with Gasteiger partial charge in [0.25, 0.3) is 0 Å². The van der Waals surface area contributed by atoms with Gasteiger partial charge in [-0.05, 0) is 85.7 Å². The first-order chi connectivity index (χ1) is 28.7. The fraction of sp³-hybridized carbons (Fsp3) is 0.113. The molecule has 4 heterocycles. The molecule has 1 fully saturated rings. The van der Waals surface area contributed by atoms with Crippen LogP contribution in [0.2, 0.25) is 0 Å². The minimum Gasteiger partial charge on any atom is -0.456 e. The van der Waals surface area contributed by atoms with Gasteiger partial charge in [0.05, 0.1) is 16.9 Å². The molecule has 276 valence electrons. The molecule has 0 unspecified atom stereocenters. The molecule has 1 saturated carbocycles. The van der Waals surface area contributed by atoms with Crippen LogP contribution in [0.1, 0.15) is 48.8 Å². The molecule has 5 heteroatoms. The van der Waals surface area contributed by atoms with Crippen LogP contribution in [0, 0.1) is 0 Å². The van der Waals surface area contributed by atoms with Crippen molar-refractivity contribution in [3.63, 3.8) is 0 Å². The van der Waals surface area contributed by atoms with Crippen molar-refractivity contribution in [2.45, 2.75) is 37.5 Å². The molecule has 1 aliphatic rings. The normalized spacial score (nSPS) is 16.0. The third kappa shape index (κ3) is 5.34. The van der Waals surface area contributed by atoms with Crippen LogP contribution in [0.3, 0.4) is 0 Å². The number of benzene rings is 7. The Balaban J connectivity index is 0.925. The fourth-order valence-electron chi connectivity index (χ4n) is 9.64. The lowest BCUT2D eigenvalue weighted by Gasteiger charge is -2.29. The van der Waals surface area contributed by atoms with Crippen LogP contribution in [0.15, 0.2) is 173 Å². The molecule has 7 aromatic carbocycles. The Hall–Kier alpha value is -7.11.